The summed E-state index contributed by atoms with van der Waals surface area (Å²) in [4.78, 5) is 5.83. The number of methoxy groups -OCH3 is 2. The van der Waals surface area contributed by atoms with Crippen molar-refractivity contribution < 1.29 is 18.0 Å². The van der Waals surface area contributed by atoms with Gasteiger partial charge in [-0.1, -0.05) is 36.4 Å². The van der Waals surface area contributed by atoms with Gasteiger partial charge in [-0.3, -0.25) is 4.90 Å². The number of hydrogen-bond donors (Lipinski definition) is 0. The second-order valence-corrected chi connectivity index (χ2v) is 9.92. The zero-order valence-electron chi connectivity index (χ0n) is 21.6. The number of nitrogens with zero attached hydrogens (tertiary/aromatic N) is 2. The van der Waals surface area contributed by atoms with Crippen LogP contribution >= 0.6 is 12.0 Å². The van der Waals surface area contributed by atoms with Gasteiger partial charge in [0, 0.05) is 48.9 Å². The second kappa shape index (κ2) is 12.2. The van der Waals surface area contributed by atoms with E-state index in [0.717, 1.165) is 60.4 Å². The molecular weight excluding hydrogens is 499 g/mol. The average Bonchev–Trinajstić information content (AvgIpc) is 2.97. The van der Waals surface area contributed by atoms with E-state index in [-0.39, 0.29) is 5.82 Å². The smallest absolute Gasteiger partial charge is 0.161 e. The van der Waals surface area contributed by atoms with Crippen molar-refractivity contribution in [2.75, 3.05) is 45.3 Å². The van der Waals surface area contributed by atoms with Gasteiger partial charge in [-0.25, -0.2) is 4.39 Å². The first-order valence-corrected chi connectivity index (χ1v) is 13.3. The summed E-state index contributed by atoms with van der Waals surface area (Å²) in [6, 6.07) is 28.9. The molecule has 0 N–H and O–H groups in total. The highest BCUT2D eigenvalue weighted by Crippen LogP contribution is 2.30. The van der Waals surface area contributed by atoms with Gasteiger partial charge in [0.05, 0.1) is 26.3 Å². The largest absolute Gasteiger partial charge is 0.493 e. The van der Waals surface area contributed by atoms with Crippen LogP contribution in [0.5, 0.6) is 17.2 Å². The van der Waals surface area contributed by atoms with E-state index in [0.29, 0.717) is 5.56 Å². The summed E-state index contributed by atoms with van der Waals surface area (Å²) in [6.07, 6.45) is 0. The molecule has 1 aliphatic rings. The molecule has 0 atom stereocenters. The van der Waals surface area contributed by atoms with Crippen molar-refractivity contribution in [3.05, 3.63) is 102 Å². The molecule has 0 saturated carbocycles. The van der Waals surface area contributed by atoms with E-state index in [1.807, 2.05) is 48.5 Å². The fourth-order valence-corrected chi connectivity index (χ4v) is 5.15. The Morgan fingerprint density at radius 3 is 2.16 bits per heavy atom. The van der Waals surface area contributed by atoms with Crippen LogP contribution in [0.25, 0.3) is 11.1 Å². The number of rotatable bonds is 9. The lowest BCUT2D eigenvalue weighted by Crippen LogP contribution is -2.45. The summed E-state index contributed by atoms with van der Waals surface area (Å²) < 4.78 is 30.7. The fraction of sp³-hybridized carbons (Fsp3) is 0.226. The summed E-state index contributed by atoms with van der Waals surface area (Å²) in [7, 11) is 3.32. The van der Waals surface area contributed by atoms with Crippen molar-refractivity contribution >= 4 is 17.7 Å². The molecule has 0 aromatic heterocycles. The lowest BCUT2D eigenvalue weighted by atomic mass is 10.1. The Morgan fingerprint density at radius 1 is 0.763 bits per heavy atom. The Labute approximate surface area is 228 Å². The van der Waals surface area contributed by atoms with Crippen LogP contribution < -0.4 is 18.6 Å². The van der Waals surface area contributed by atoms with E-state index in [2.05, 4.69) is 34.1 Å². The monoisotopic (exact) mass is 530 g/mol. The Bertz CT molecular complexity index is 1340. The second-order valence-electron chi connectivity index (χ2n) is 9.12. The Morgan fingerprint density at radius 2 is 1.47 bits per heavy atom. The van der Waals surface area contributed by atoms with Gasteiger partial charge in [0.15, 0.2) is 11.5 Å². The van der Waals surface area contributed by atoms with E-state index in [1.165, 1.54) is 29.4 Å². The molecule has 0 radical (unpaired) electrons. The van der Waals surface area contributed by atoms with Crippen molar-refractivity contribution in [1.82, 2.24) is 4.90 Å². The zero-order chi connectivity index (χ0) is 26.3. The highest BCUT2D eigenvalue weighted by atomic mass is 32.2. The summed E-state index contributed by atoms with van der Waals surface area (Å²) >= 11 is 1.30. The SMILES string of the molecule is COc1ccc(CN2CCN(c3ccc(OSc4ccc(-c5ccccc5F)cc4)cc3)CC2)cc1OC. The van der Waals surface area contributed by atoms with Gasteiger partial charge in [-0.15, -0.1) is 0 Å². The minimum absolute atomic E-state index is 0.219. The van der Waals surface area contributed by atoms with Crippen molar-refractivity contribution in [3.63, 3.8) is 0 Å². The van der Waals surface area contributed by atoms with E-state index in [1.54, 1.807) is 26.4 Å². The van der Waals surface area contributed by atoms with Gasteiger partial charge in [-0.2, -0.15) is 0 Å². The Balaban J connectivity index is 1.10. The van der Waals surface area contributed by atoms with Crippen molar-refractivity contribution in [2.24, 2.45) is 0 Å². The van der Waals surface area contributed by atoms with Crippen LogP contribution in [-0.2, 0) is 6.54 Å². The standard InChI is InChI=1S/C31H31FN2O3S/c1-35-30-16-7-23(21-31(30)36-2)22-33-17-19-34(20-18-33)25-10-12-26(13-11-25)37-38-27-14-8-24(9-15-27)28-5-3-4-6-29(28)32/h3-16,21H,17-20,22H2,1-2H3. The van der Waals surface area contributed by atoms with Crippen LogP contribution in [0.15, 0.2) is 95.9 Å². The quantitative estimate of drug-likeness (QED) is 0.219. The number of hydrogen-bond acceptors (Lipinski definition) is 6. The van der Waals surface area contributed by atoms with Gasteiger partial charge in [-0.05, 0) is 65.7 Å². The summed E-state index contributed by atoms with van der Waals surface area (Å²) in [5, 5.41) is 0. The molecule has 4 aromatic rings. The molecule has 38 heavy (non-hydrogen) atoms. The molecule has 1 fully saturated rings. The zero-order valence-corrected chi connectivity index (χ0v) is 22.4. The maximum Gasteiger partial charge on any atom is 0.161 e. The van der Waals surface area contributed by atoms with Crippen LogP contribution in [0.4, 0.5) is 10.1 Å². The maximum absolute atomic E-state index is 14.0. The van der Waals surface area contributed by atoms with Gasteiger partial charge in [0.1, 0.15) is 11.6 Å². The molecule has 0 unspecified atom stereocenters. The van der Waals surface area contributed by atoms with E-state index < -0.39 is 0 Å². The highest BCUT2D eigenvalue weighted by molar-refractivity contribution is 7.95. The Hall–Kier alpha value is -3.68. The lowest BCUT2D eigenvalue weighted by molar-refractivity contribution is 0.249. The van der Waals surface area contributed by atoms with Gasteiger partial charge in [0.25, 0.3) is 0 Å². The van der Waals surface area contributed by atoms with Gasteiger partial charge in [0.2, 0.25) is 0 Å². The minimum Gasteiger partial charge on any atom is -0.493 e. The molecular formula is C31H31FN2O3S. The molecule has 7 heteroatoms. The average molecular weight is 531 g/mol. The number of anilines is 1. The molecule has 1 saturated heterocycles. The number of ether oxygens (including phenoxy) is 2. The maximum atomic E-state index is 14.0. The van der Waals surface area contributed by atoms with Gasteiger partial charge < -0.3 is 18.6 Å². The first-order valence-electron chi connectivity index (χ1n) is 12.6. The van der Waals surface area contributed by atoms with Gasteiger partial charge >= 0.3 is 0 Å². The first kappa shape index (κ1) is 25.9. The predicted octanol–water partition coefficient (Wildman–Crippen LogP) is 6.92. The van der Waals surface area contributed by atoms with E-state index in [9.17, 15) is 4.39 Å². The van der Waals surface area contributed by atoms with Crippen LogP contribution in [0, 0.1) is 5.82 Å². The molecule has 0 aliphatic carbocycles. The lowest BCUT2D eigenvalue weighted by Gasteiger charge is -2.36. The first-order chi connectivity index (χ1) is 18.6. The molecule has 196 valence electrons. The topological polar surface area (TPSA) is 34.2 Å². The molecule has 0 amide bonds. The molecule has 4 aromatic carbocycles. The van der Waals surface area contributed by atoms with Crippen LogP contribution in [0.3, 0.4) is 0 Å². The molecule has 1 heterocycles. The van der Waals surface area contributed by atoms with E-state index in [4.69, 9.17) is 13.7 Å². The van der Waals surface area contributed by atoms with Crippen molar-refractivity contribution in [2.45, 2.75) is 11.4 Å². The van der Waals surface area contributed by atoms with Crippen molar-refractivity contribution in [1.29, 1.82) is 0 Å². The van der Waals surface area contributed by atoms with Crippen LogP contribution in [-0.4, -0.2) is 45.3 Å². The van der Waals surface area contributed by atoms with Crippen LogP contribution in [0.2, 0.25) is 0 Å². The van der Waals surface area contributed by atoms with Crippen LogP contribution in [0.1, 0.15) is 5.56 Å². The van der Waals surface area contributed by atoms with Crippen molar-refractivity contribution in [3.8, 4) is 28.4 Å². The molecule has 0 spiro atoms. The van der Waals surface area contributed by atoms with E-state index >= 15 is 0 Å². The predicted molar refractivity (Wildman–Crippen MR) is 152 cm³/mol. The number of halogens is 1. The molecule has 0 bridgehead atoms. The molecule has 5 nitrogen and oxygen atoms in total. The normalized spacial score (nSPS) is 13.8. The minimum atomic E-state index is -0.219. The fourth-order valence-electron chi connectivity index (χ4n) is 4.60. The Kier molecular flexibility index (Phi) is 8.36. The number of benzene rings is 4. The molecule has 1 aliphatic heterocycles. The highest BCUT2D eigenvalue weighted by Gasteiger charge is 2.18. The third-order valence-corrected chi connectivity index (χ3v) is 7.44. The summed E-state index contributed by atoms with van der Waals surface area (Å²) in [5.74, 6) is 2.10. The molecule has 5 rings (SSSR count). The summed E-state index contributed by atoms with van der Waals surface area (Å²) in [5.41, 5.74) is 3.86. The number of piperazine rings is 1. The summed E-state index contributed by atoms with van der Waals surface area (Å²) in [6.45, 7) is 4.81. The third kappa shape index (κ3) is 6.23. The third-order valence-electron chi connectivity index (χ3n) is 6.70.